The largest absolute Gasteiger partial charge is 0.298 e. The van der Waals surface area contributed by atoms with E-state index >= 15 is 0 Å². The van der Waals surface area contributed by atoms with Crippen LogP contribution >= 0.6 is 0 Å². The fourth-order valence-electron chi connectivity index (χ4n) is 2.97. The van der Waals surface area contributed by atoms with Gasteiger partial charge in [-0.1, -0.05) is 36.4 Å². The number of ketones is 1. The van der Waals surface area contributed by atoms with Gasteiger partial charge in [0.2, 0.25) is 0 Å². The van der Waals surface area contributed by atoms with E-state index in [2.05, 4.69) is 34.1 Å². The molecule has 1 unspecified atom stereocenters. The van der Waals surface area contributed by atoms with Crippen LogP contribution in [0.3, 0.4) is 0 Å². The molecule has 1 aromatic heterocycles. The first-order chi connectivity index (χ1) is 10.3. The number of nitrogens with zero attached hydrogens (tertiary/aromatic N) is 2. The zero-order valence-electron chi connectivity index (χ0n) is 12.1. The maximum Gasteiger partial charge on any atom is 0.185 e. The third-order valence-electron chi connectivity index (χ3n) is 4.04. The summed E-state index contributed by atoms with van der Waals surface area (Å²) in [4.78, 5) is 19.1. The second-order valence-corrected chi connectivity index (χ2v) is 5.64. The summed E-state index contributed by atoms with van der Waals surface area (Å²) in [5.74, 6) is 0.269. The van der Waals surface area contributed by atoms with Gasteiger partial charge in [-0.2, -0.15) is 0 Å². The van der Waals surface area contributed by atoms with Crippen molar-refractivity contribution in [2.24, 2.45) is 5.92 Å². The summed E-state index contributed by atoms with van der Waals surface area (Å²) in [6, 6.07) is 16.0. The van der Waals surface area contributed by atoms with Crippen LogP contribution < -0.4 is 0 Å². The number of piperidine rings is 1. The lowest BCUT2D eigenvalue weighted by molar-refractivity contribution is 0.0806. The molecule has 3 nitrogen and oxygen atoms in total. The van der Waals surface area contributed by atoms with Gasteiger partial charge < -0.3 is 0 Å². The maximum atomic E-state index is 12.5. The van der Waals surface area contributed by atoms with Gasteiger partial charge in [-0.15, -0.1) is 0 Å². The minimum absolute atomic E-state index is 0.0809. The molecule has 3 heteroatoms. The minimum Gasteiger partial charge on any atom is -0.298 e. The van der Waals surface area contributed by atoms with Crippen molar-refractivity contribution < 1.29 is 4.79 Å². The molecule has 2 heterocycles. The summed E-state index contributed by atoms with van der Waals surface area (Å²) in [7, 11) is 0. The molecule has 1 aliphatic rings. The van der Waals surface area contributed by atoms with E-state index in [1.54, 1.807) is 6.20 Å². The SMILES string of the molecule is O=C(c1ccccn1)C1CCCN(Cc2ccccc2)C1. The molecular formula is C18H20N2O. The molecule has 0 radical (unpaired) electrons. The average molecular weight is 280 g/mol. The van der Waals surface area contributed by atoms with Gasteiger partial charge >= 0.3 is 0 Å². The Morgan fingerprint density at radius 1 is 1.14 bits per heavy atom. The molecule has 3 rings (SSSR count). The normalized spacial score (nSPS) is 19.3. The first kappa shape index (κ1) is 14.0. The van der Waals surface area contributed by atoms with Gasteiger partial charge in [0.15, 0.2) is 5.78 Å². The monoisotopic (exact) mass is 280 g/mol. The molecular weight excluding hydrogens is 260 g/mol. The summed E-state index contributed by atoms with van der Waals surface area (Å²) >= 11 is 0. The molecule has 1 aromatic carbocycles. The summed E-state index contributed by atoms with van der Waals surface area (Å²) in [5, 5.41) is 0. The van der Waals surface area contributed by atoms with Gasteiger partial charge in [-0.25, -0.2) is 0 Å². The quantitative estimate of drug-likeness (QED) is 0.807. The van der Waals surface area contributed by atoms with Crippen LogP contribution in [0.4, 0.5) is 0 Å². The fraction of sp³-hybridized carbons (Fsp3) is 0.333. The third-order valence-corrected chi connectivity index (χ3v) is 4.04. The van der Waals surface area contributed by atoms with Crippen molar-refractivity contribution in [3.05, 3.63) is 66.0 Å². The standard InChI is InChI=1S/C18H20N2O/c21-18(17-10-4-5-11-19-17)16-9-6-12-20(14-16)13-15-7-2-1-3-8-15/h1-5,7-8,10-11,16H,6,9,12-14H2. The number of carbonyl (C=O) groups is 1. The van der Waals surface area contributed by atoms with E-state index in [0.29, 0.717) is 5.69 Å². The minimum atomic E-state index is 0.0809. The first-order valence-corrected chi connectivity index (χ1v) is 7.54. The fourth-order valence-corrected chi connectivity index (χ4v) is 2.97. The zero-order valence-corrected chi connectivity index (χ0v) is 12.1. The molecule has 2 aromatic rings. The van der Waals surface area contributed by atoms with Crippen molar-refractivity contribution in [1.82, 2.24) is 9.88 Å². The number of Topliss-reactive ketones (excluding diaryl/α,β-unsaturated/α-hetero) is 1. The molecule has 21 heavy (non-hydrogen) atoms. The molecule has 1 saturated heterocycles. The Morgan fingerprint density at radius 3 is 2.71 bits per heavy atom. The number of hydrogen-bond acceptors (Lipinski definition) is 3. The Kier molecular flexibility index (Phi) is 4.41. The molecule has 1 atom stereocenters. The van der Waals surface area contributed by atoms with E-state index < -0.39 is 0 Å². The van der Waals surface area contributed by atoms with Crippen molar-refractivity contribution in [2.75, 3.05) is 13.1 Å². The smallest absolute Gasteiger partial charge is 0.185 e. The summed E-state index contributed by atoms with van der Waals surface area (Å²) in [5.41, 5.74) is 1.91. The van der Waals surface area contributed by atoms with Gasteiger partial charge in [0.1, 0.15) is 5.69 Å². The average Bonchev–Trinajstić information content (AvgIpc) is 2.56. The van der Waals surface area contributed by atoms with Crippen LogP contribution in [0.5, 0.6) is 0 Å². The zero-order chi connectivity index (χ0) is 14.5. The van der Waals surface area contributed by atoms with E-state index in [0.717, 1.165) is 32.5 Å². The summed E-state index contributed by atoms with van der Waals surface area (Å²) < 4.78 is 0. The van der Waals surface area contributed by atoms with Crippen LogP contribution in [0, 0.1) is 5.92 Å². The lowest BCUT2D eigenvalue weighted by atomic mass is 9.91. The number of pyridine rings is 1. The van der Waals surface area contributed by atoms with Gasteiger partial charge in [0.05, 0.1) is 0 Å². The molecule has 0 N–H and O–H groups in total. The topological polar surface area (TPSA) is 33.2 Å². The van der Waals surface area contributed by atoms with E-state index in [-0.39, 0.29) is 11.7 Å². The number of carbonyl (C=O) groups excluding carboxylic acids is 1. The summed E-state index contributed by atoms with van der Waals surface area (Å²) in [6.07, 6.45) is 3.74. The highest BCUT2D eigenvalue weighted by Crippen LogP contribution is 2.21. The van der Waals surface area contributed by atoms with Gasteiger partial charge in [0.25, 0.3) is 0 Å². The molecule has 0 spiro atoms. The van der Waals surface area contributed by atoms with Gasteiger partial charge in [-0.05, 0) is 37.1 Å². The summed E-state index contributed by atoms with van der Waals surface area (Å²) in [6.45, 7) is 2.83. The van der Waals surface area contributed by atoms with Crippen molar-refractivity contribution in [3.63, 3.8) is 0 Å². The molecule has 0 bridgehead atoms. The van der Waals surface area contributed by atoms with Gasteiger partial charge in [0, 0.05) is 25.2 Å². The third kappa shape index (κ3) is 3.56. The second-order valence-electron chi connectivity index (χ2n) is 5.64. The van der Waals surface area contributed by atoms with Crippen molar-refractivity contribution >= 4 is 5.78 Å². The number of hydrogen-bond donors (Lipinski definition) is 0. The van der Waals surface area contributed by atoms with Crippen LogP contribution in [0.15, 0.2) is 54.7 Å². The van der Waals surface area contributed by atoms with E-state index in [9.17, 15) is 4.79 Å². The first-order valence-electron chi connectivity index (χ1n) is 7.54. The Hall–Kier alpha value is -2.00. The predicted octanol–water partition coefficient (Wildman–Crippen LogP) is 3.18. The number of rotatable bonds is 4. The van der Waals surface area contributed by atoms with Crippen LogP contribution in [0.2, 0.25) is 0 Å². The van der Waals surface area contributed by atoms with Crippen LogP contribution in [-0.4, -0.2) is 28.8 Å². The van der Waals surface area contributed by atoms with Crippen molar-refractivity contribution in [1.29, 1.82) is 0 Å². The van der Waals surface area contributed by atoms with Crippen LogP contribution in [-0.2, 0) is 6.54 Å². The molecule has 1 fully saturated rings. The molecule has 1 aliphatic heterocycles. The highest BCUT2D eigenvalue weighted by molar-refractivity contribution is 5.96. The van der Waals surface area contributed by atoms with Crippen molar-refractivity contribution in [2.45, 2.75) is 19.4 Å². The number of aromatic nitrogens is 1. The highest BCUT2D eigenvalue weighted by Gasteiger charge is 2.27. The van der Waals surface area contributed by atoms with E-state index in [4.69, 9.17) is 0 Å². The van der Waals surface area contributed by atoms with E-state index in [1.165, 1.54) is 5.56 Å². The Bertz CT molecular complexity index is 583. The second kappa shape index (κ2) is 6.64. The van der Waals surface area contributed by atoms with Crippen LogP contribution in [0.25, 0.3) is 0 Å². The molecule has 0 aliphatic carbocycles. The predicted molar refractivity (Wildman–Crippen MR) is 83.0 cm³/mol. The maximum absolute atomic E-state index is 12.5. The molecule has 0 amide bonds. The number of likely N-dealkylation sites (tertiary alicyclic amines) is 1. The van der Waals surface area contributed by atoms with E-state index in [1.807, 2.05) is 24.3 Å². The van der Waals surface area contributed by atoms with Gasteiger partial charge in [-0.3, -0.25) is 14.7 Å². The molecule has 108 valence electrons. The van der Waals surface area contributed by atoms with Crippen LogP contribution in [0.1, 0.15) is 28.9 Å². The van der Waals surface area contributed by atoms with Crippen molar-refractivity contribution in [3.8, 4) is 0 Å². The lowest BCUT2D eigenvalue weighted by Crippen LogP contribution is -2.38. The number of benzene rings is 1. The Morgan fingerprint density at radius 2 is 1.95 bits per heavy atom. The lowest BCUT2D eigenvalue weighted by Gasteiger charge is -2.31. The highest BCUT2D eigenvalue weighted by atomic mass is 16.1. The molecule has 0 saturated carbocycles. The Balaban J connectivity index is 1.64. The Labute approximate surface area is 125 Å².